The van der Waals surface area contributed by atoms with E-state index in [0.29, 0.717) is 32.2 Å². The molecule has 1 aromatic carbocycles. The highest BCUT2D eigenvalue weighted by atomic mass is 32.1. The molecule has 1 aliphatic carbocycles. The molecule has 34 heavy (non-hydrogen) atoms. The Morgan fingerprint density at radius 3 is 2.59 bits per heavy atom. The highest BCUT2D eigenvalue weighted by Crippen LogP contribution is 2.37. The SMILES string of the molecule is CC1CN(C(=O)CN2CCc3sccc3C2c2ccccc2)CCN1C(=O)NC1CCCCC1. The van der Waals surface area contributed by atoms with Gasteiger partial charge in [-0.15, -0.1) is 11.3 Å². The maximum absolute atomic E-state index is 13.4. The summed E-state index contributed by atoms with van der Waals surface area (Å²) in [6.07, 6.45) is 6.85. The normalized spacial score (nSPS) is 24.0. The second-order valence-corrected chi connectivity index (χ2v) is 11.0. The second kappa shape index (κ2) is 10.5. The molecule has 2 unspecified atom stereocenters. The average Bonchev–Trinajstić information content (AvgIpc) is 3.34. The number of carbonyl (C=O) groups is 2. The molecule has 3 heterocycles. The van der Waals surface area contributed by atoms with E-state index in [1.165, 1.54) is 35.3 Å². The molecule has 3 amide bonds. The first-order chi connectivity index (χ1) is 16.6. The lowest BCUT2D eigenvalue weighted by Crippen LogP contribution is -2.59. The summed E-state index contributed by atoms with van der Waals surface area (Å²) in [6.45, 7) is 5.17. The number of thiophene rings is 1. The molecular formula is C27H36N4O2S. The van der Waals surface area contributed by atoms with Crippen molar-refractivity contribution in [2.45, 2.75) is 63.6 Å². The lowest BCUT2D eigenvalue weighted by molar-refractivity contribution is -0.135. The summed E-state index contributed by atoms with van der Waals surface area (Å²) in [5.41, 5.74) is 2.58. The minimum atomic E-state index is 0.0241. The first-order valence-electron chi connectivity index (χ1n) is 12.8. The van der Waals surface area contributed by atoms with Crippen molar-refractivity contribution in [2.75, 3.05) is 32.7 Å². The fourth-order valence-electron chi connectivity index (χ4n) is 5.83. The van der Waals surface area contributed by atoms with Crippen molar-refractivity contribution in [2.24, 2.45) is 0 Å². The lowest BCUT2D eigenvalue weighted by Gasteiger charge is -2.42. The molecule has 1 saturated heterocycles. The van der Waals surface area contributed by atoms with Crippen molar-refractivity contribution in [1.29, 1.82) is 0 Å². The molecule has 1 saturated carbocycles. The highest BCUT2D eigenvalue weighted by molar-refractivity contribution is 7.10. The smallest absolute Gasteiger partial charge is 0.317 e. The Kier molecular flexibility index (Phi) is 7.21. The number of rotatable bonds is 4. The van der Waals surface area contributed by atoms with Crippen molar-refractivity contribution in [3.63, 3.8) is 0 Å². The van der Waals surface area contributed by atoms with E-state index < -0.39 is 0 Å². The van der Waals surface area contributed by atoms with E-state index in [9.17, 15) is 9.59 Å². The lowest BCUT2D eigenvalue weighted by atomic mass is 9.93. The maximum atomic E-state index is 13.4. The zero-order valence-corrected chi connectivity index (χ0v) is 20.9. The molecule has 7 heteroatoms. The van der Waals surface area contributed by atoms with Crippen LogP contribution in [-0.2, 0) is 11.2 Å². The van der Waals surface area contributed by atoms with Crippen LogP contribution in [0.3, 0.4) is 0 Å². The van der Waals surface area contributed by atoms with Crippen LogP contribution in [0.2, 0.25) is 0 Å². The predicted molar refractivity (Wildman–Crippen MR) is 136 cm³/mol. The van der Waals surface area contributed by atoms with Crippen LogP contribution in [0.15, 0.2) is 41.8 Å². The minimum Gasteiger partial charge on any atom is -0.338 e. The fourth-order valence-corrected chi connectivity index (χ4v) is 6.73. The molecule has 1 aromatic heterocycles. The van der Waals surface area contributed by atoms with Crippen molar-refractivity contribution in [3.05, 3.63) is 57.8 Å². The topological polar surface area (TPSA) is 55.9 Å². The number of benzene rings is 1. The van der Waals surface area contributed by atoms with Gasteiger partial charge in [0.15, 0.2) is 0 Å². The van der Waals surface area contributed by atoms with Crippen LogP contribution in [0.5, 0.6) is 0 Å². The van der Waals surface area contributed by atoms with Gasteiger partial charge in [-0.25, -0.2) is 4.79 Å². The maximum Gasteiger partial charge on any atom is 0.317 e. The molecule has 0 bridgehead atoms. The highest BCUT2D eigenvalue weighted by Gasteiger charge is 2.34. The number of piperazine rings is 1. The molecule has 2 aromatic rings. The number of amides is 3. The van der Waals surface area contributed by atoms with Gasteiger partial charge in [0, 0.05) is 43.1 Å². The van der Waals surface area contributed by atoms with Gasteiger partial charge in [-0.1, -0.05) is 49.6 Å². The van der Waals surface area contributed by atoms with Crippen molar-refractivity contribution < 1.29 is 9.59 Å². The van der Waals surface area contributed by atoms with E-state index in [-0.39, 0.29) is 24.0 Å². The Morgan fingerprint density at radius 1 is 1.03 bits per heavy atom. The third-order valence-corrected chi connectivity index (χ3v) is 8.69. The summed E-state index contributed by atoms with van der Waals surface area (Å²) in [4.78, 5) is 33.9. The number of nitrogens with one attached hydrogen (secondary N) is 1. The zero-order chi connectivity index (χ0) is 23.5. The number of hydrogen-bond donors (Lipinski definition) is 1. The summed E-state index contributed by atoms with van der Waals surface area (Å²) in [7, 11) is 0. The minimum absolute atomic E-state index is 0.0241. The molecular weight excluding hydrogens is 444 g/mol. The largest absolute Gasteiger partial charge is 0.338 e. The van der Waals surface area contributed by atoms with Gasteiger partial charge in [0.05, 0.1) is 12.6 Å². The van der Waals surface area contributed by atoms with Crippen molar-refractivity contribution in [1.82, 2.24) is 20.0 Å². The van der Waals surface area contributed by atoms with E-state index in [2.05, 4.69) is 52.9 Å². The first-order valence-corrected chi connectivity index (χ1v) is 13.7. The van der Waals surface area contributed by atoms with Gasteiger partial charge < -0.3 is 15.1 Å². The fraction of sp³-hybridized carbons (Fsp3) is 0.556. The van der Waals surface area contributed by atoms with E-state index in [4.69, 9.17) is 0 Å². The van der Waals surface area contributed by atoms with E-state index in [1.54, 1.807) is 0 Å². The summed E-state index contributed by atoms with van der Waals surface area (Å²) < 4.78 is 0. The standard InChI is InChI=1S/C27H36N4O2S/c1-20-18-29(15-16-31(20)27(33)28-22-10-6-3-7-11-22)25(32)19-30-14-12-24-23(13-17-34-24)26(30)21-8-4-2-5-9-21/h2,4-5,8-9,13,17,20,22,26H,3,6-7,10-12,14-16,18-19H2,1H3,(H,28,33). The van der Waals surface area contributed by atoms with E-state index >= 15 is 0 Å². The summed E-state index contributed by atoms with van der Waals surface area (Å²) >= 11 is 1.82. The molecule has 2 fully saturated rings. The number of fused-ring (bicyclic) bond motifs is 1. The quantitative estimate of drug-likeness (QED) is 0.711. The third kappa shape index (κ3) is 5.01. The molecule has 6 nitrogen and oxygen atoms in total. The Hall–Kier alpha value is -2.38. The zero-order valence-electron chi connectivity index (χ0n) is 20.1. The predicted octanol–water partition coefficient (Wildman–Crippen LogP) is 4.27. The van der Waals surface area contributed by atoms with Crippen LogP contribution in [0.1, 0.15) is 61.1 Å². The molecule has 182 valence electrons. The van der Waals surface area contributed by atoms with Gasteiger partial charge >= 0.3 is 6.03 Å². The van der Waals surface area contributed by atoms with Gasteiger partial charge in [0.25, 0.3) is 0 Å². The second-order valence-electron chi connectivity index (χ2n) is 10.00. The van der Waals surface area contributed by atoms with Gasteiger partial charge in [0.1, 0.15) is 0 Å². The Bertz CT molecular complexity index is 988. The van der Waals surface area contributed by atoms with Crippen molar-refractivity contribution in [3.8, 4) is 0 Å². The summed E-state index contributed by atoms with van der Waals surface area (Å²) in [5.74, 6) is 0.166. The number of carbonyl (C=O) groups excluding carboxylic acids is 2. The van der Waals surface area contributed by atoms with Crippen LogP contribution in [0.25, 0.3) is 0 Å². The molecule has 5 rings (SSSR count). The number of nitrogens with zero attached hydrogens (tertiary/aromatic N) is 3. The molecule has 2 atom stereocenters. The van der Waals surface area contributed by atoms with Crippen molar-refractivity contribution >= 4 is 23.3 Å². The van der Waals surface area contributed by atoms with Gasteiger partial charge in [-0.3, -0.25) is 9.69 Å². The number of hydrogen-bond acceptors (Lipinski definition) is 4. The van der Waals surface area contributed by atoms with Gasteiger partial charge in [-0.2, -0.15) is 0 Å². The molecule has 1 N–H and O–H groups in total. The molecule has 2 aliphatic heterocycles. The summed E-state index contributed by atoms with van der Waals surface area (Å²) in [5, 5.41) is 5.41. The van der Waals surface area contributed by atoms with E-state index in [0.717, 1.165) is 25.8 Å². The number of urea groups is 1. The van der Waals surface area contributed by atoms with Crippen LogP contribution >= 0.6 is 11.3 Å². The van der Waals surface area contributed by atoms with Crippen LogP contribution < -0.4 is 5.32 Å². The Balaban J connectivity index is 1.21. The Morgan fingerprint density at radius 2 is 1.82 bits per heavy atom. The monoisotopic (exact) mass is 480 g/mol. The molecule has 3 aliphatic rings. The molecule has 0 radical (unpaired) electrons. The Labute approximate surface area is 206 Å². The van der Waals surface area contributed by atoms with Crippen LogP contribution in [-0.4, -0.2) is 71.4 Å². The summed E-state index contributed by atoms with van der Waals surface area (Å²) in [6, 6.07) is 13.3. The van der Waals surface area contributed by atoms with E-state index in [1.807, 2.05) is 27.2 Å². The van der Waals surface area contributed by atoms with Gasteiger partial charge in [-0.05, 0) is 48.8 Å². The third-order valence-electron chi connectivity index (χ3n) is 7.69. The van der Waals surface area contributed by atoms with Gasteiger partial charge in [0.2, 0.25) is 5.91 Å². The van der Waals surface area contributed by atoms with Crippen LogP contribution in [0, 0.1) is 0 Å². The van der Waals surface area contributed by atoms with Crippen LogP contribution in [0.4, 0.5) is 4.79 Å². The molecule has 0 spiro atoms. The first kappa shape index (κ1) is 23.4. The average molecular weight is 481 g/mol.